The third-order valence-corrected chi connectivity index (χ3v) is 12.5. The van der Waals surface area contributed by atoms with Gasteiger partial charge in [0.1, 0.15) is 24.1 Å². The number of aliphatic hydroxyl groups is 1. The van der Waals surface area contributed by atoms with Crippen LogP contribution in [-0.4, -0.2) is 103 Å². The molecule has 0 aromatic rings. The minimum atomic E-state index is -1.95. The number of esters is 5. The summed E-state index contributed by atoms with van der Waals surface area (Å²) in [6.45, 7) is 7.76. The fourth-order valence-electron chi connectivity index (χ4n) is 10.3. The molecule has 0 radical (unpaired) electrons. The largest absolute Gasteiger partial charge is 0.467 e. The second kappa shape index (κ2) is 14.5. The lowest BCUT2D eigenvalue weighted by Gasteiger charge is -2.60. The highest BCUT2D eigenvalue weighted by atomic mass is 16.7. The summed E-state index contributed by atoms with van der Waals surface area (Å²) in [4.78, 5) is 89.0. The third-order valence-electron chi connectivity index (χ3n) is 12.5. The number of hydrogen-bond donors (Lipinski definition) is 1. The van der Waals surface area contributed by atoms with Crippen molar-refractivity contribution in [3.8, 4) is 0 Å². The fourth-order valence-corrected chi connectivity index (χ4v) is 10.3. The summed E-state index contributed by atoms with van der Waals surface area (Å²) >= 11 is 0. The molecular weight excluding hydrogens is 672 g/mol. The number of carbonyl (C=O) groups is 7. The number of rotatable bonds is 9. The van der Waals surface area contributed by atoms with Gasteiger partial charge in [0.05, 0.1) is 7.11 Å². The molecule has 1 N–H and O–H groups in total. The molecule has 0 aromatic heterocycles. The first-order chi connectivity index (χ1) is 23.9. The summed E-state index contributed by atoms with van der Waals surface area (Å²) in [6.07, 6.45) is -4.05. The zero-order valence-electron chi connectivity index (χ0n) is 30.3. The molecule has 0 spiro atoms. The van der Waals surface area contributed by atoms with Crippen molar-refractivity contribution in [1.29, 1.82) is 0 Å². The summed E-state index contributed by atoms with van der Waals surface area (Å²) < 4.78 is 38.0. The summed E-state index contributed by atoms with van der Waals surface area (Å²) in [5.74, 6) is -4.83. The van der Waals surface area contributed by atoms with Crippen LogP contribution >= 0.6 is 0 Å². The SMILES string of the molecule is COC(=O)[C@@H]1O[C@H](OCC(=O)[C@@]2(O)CC[C@@H]3[C@@H]4CC[C@@H]5C[C@H](OC(C)=O)CC[C@]5(C)[C@@H]4C(=O)C[C@]32C)[C@@H](OC(C)=O)[C@H](OC(C)=O)[C@H]1OC(C)=O. The van der Waals surface area contributed by atoms with Gasteiger partial charge in [0, 0.05) is 45.4 Å². The zero-order valence-corrected chi connectivity index (χ0v) is 30.3. The van der Waals surface area contributed by atoms with E-state index in [0.29, 0.717) is 19.3 Å². The lowest BCUT2D eigenvalue weighted by molar-refractivity contribution is -0.300. The van der Waals surface area contributed by atoms with Gasteiger partial charge >= 0.3 is 29.8 Å². The van der Waals surface area contributed by atoms with Crippen molar-refractivity contribution in [3.63, 3.8) is 0 Å². The number of Topliss-reactive ketones (excluding diaryl/α,β-unsaturated/α-hetero) is 2. The number of carbonyl (C=O) groups excluding carboxylic acids is 7. The van der Waals surface area contributed by atoms with E-state index in [9.17, 15) is 38.7 Å². The van der Waals surface area contributed by atoms with E-state index in [1.807, 2.05) is 0 Å². The third kappa shape index (κ3) is 7.05. The Morgan fingerprint density at radius 1 is 0.804 bits per heavy atom. The Bertz CT molecular complexity index is 1440. The van der Waals surface area contributed by atoms with Crippen molar-refractivity contribution in [1.82, 2.24) is 0 Å². The lowest BCUT2D eigenvalue weighted by atomic mass is 9.44. The predicted octanol–water partition coefficient (Wildman–Crippen LogP) is 2.15. The van der Waals surface area contributed by atoms with Gasteiger partial charge in [0.15, 0.2) is 36.5 Å². The Balaban J connectivity index is 1.36. The molecule has 284 valence electrons. The molecule has 4 saturated carbocycles. The van der Waals surface area contributed by atoms with Crippen LogP contribution in [0.2, 0.25) is 0 Å². The molecule has 5 aliphatic rings. The molecule has 4 aliphatic carbocycles. The van der Waals surface area contributed by atoms with Crippen molar-refractivity contribution >= 4 is 41.4 Å². The zero-order chi connectivity index (χ0) is 37.6. The smallest absolute Gasteiger partial charge is 0.339 e. The van der Waals surface area contributed by atoms with Gasteiger partial charge in [-0.25, -0.2) is 4.79 Å². The van der Waals surface area contributed by atoms with Gasteiger partial charge in [-0.3, -0.25) is 28.8 Å². The van der Waals surface area contributed by atoms with Gasteiger partial charge in [-0.05, 0) is 68.1 Å². The molecule has 1 aliphatic heterocycles. The van der Waals surface area contributed by atoms with E-state index in [0.717, 1.165) is 47.1 Å². The molecule has 5 rings (SSSR count). The summed E-state index contributed by atoms with van der Waals surface area (Å²) in [7, 11) is 1.05. The number of ether oxygens (including phenoxy) is 7. The topological polar surface area (TPSA) is 204 Å². The van der Waals surface area contributed by atoms with E-state index in [1.165, 1.54) is 6.92 Å². The van der Waals surface area contributed by atoms with E-state index < -0.39 is 78.0 Å². The van der Waals surface area contributed by atoms with E-state index in [4.69, 9.17) is 33.2 Å². The minimum Gasteiger partial charge on any atom is -0.467 e. The molecule has 0 unspecified atom stereocenters. The van der Waals surface area contributed by atoms with Gasteiger partial charge in [-0.1, -0.05) is 13.8 Å². The van der Waals surface area contributed by atoms with Gasteiger partial charge in [-0.2, -0.15) is 0 Å². The maximum absolute atomic E-state index is 14.2. The predicted molar refractivity (Wildman–Crippen MR) is 171 cm³/mol. The molecule has 5 fully saturated rings. The Hall–Kier alpha value is -3.43. The molecule has 13 atom stereocenters. The van der Waals surface area contributed by atoms with Gasteiger partial charge in [-0.15, -0.1) is 0 Å². The average Bonchev–Trinajstić information content (AvgIpc) is 3.31. The van der Waals surface area contributed by atoms with Crippen molar-refractivity contribution in [2.75, 3.05) is 13.7 Å². The number of fused-ring (bicyclic) bond motifs is 5. The number of hydrogen-bond acceptors (Lipinski definition) is 15. The second-order valence-corrected chi connectivity index (χ2v) is 15.4. The highest BCUT2D eigenvalue weighted by Gasteiger charge is 2.69. The first-order valence-corrected chi connectivity index (χ1v) is 17.7. The van der Waals surface area contributed by atoms with Crippen LogP contribution in [0.1, 0.15) is 92.9 Å². The monoisotopic (exact) mass is 722 g/mol. The first-order valence-electron chi connectivity index (χ1n) is 17.7. The first kappa shape index (κ1) is 38.8. The molecule has 0 bridgehead atoms. The molecule has 51 heavy (non-hydrogen) atoms. The minimum absolute atomic E-state index is 0.00420. The quantitative estimate of drug-likeness (QED) is 0.268. The van der Waals surface area contributed by atoms with Crippen LogP contribution in [0, 0.1) is 34.5 Å². The van der Waals surface area contributed by atoms with Gasteiger partial charge < -0.3 is 38.3 Å². The van der Waals surface area contributed by atoms with Crippen molar-refractivity contribution in [2.24, 2.45) is 34.5 Å². The normalized spacial score (nSPS) is 41.5. The number of methoxy groups -OCH3 is 1. The standard InChI is InChI=1S/C36H50O15/c1-17(37)47-22-10-12-34(5)21(14-22)8-9-23-24-11-13-36(44,35(24,6)15-25(41)27(23)34)26(42)16-46-33-31(50-20(4)40)29(49-19(3)39)28(48-18(2)38)30(51-33)32(43)45-7/h21-24,27-31,33,44H,8-16H2,1-7H3/t21-,22-,23+,24-,27+,28-,29-,30-,31+,33+,34+,35-,36+/m1/s1. The molecule has 15 heteroatoms. The van der Waals surface area contributed by atoms with Crippen molar-refractivity contribution in [3.05, 3.63) is 0 Å². The fraction of sp³-hybridized carbons (Fsp3) is 0.806. The highest BCUT2D eigenvalue weighted by Crippen LogP contribution is 2.67. The van der Waals surface area contributed by atoms with E-state index in [2.05, 4.69) is 6.92 Å². The van der Waals surface area contributed by atoms with Crippen LogP contribution in [0.15, 0.2) is 0 Å². The highest BCUT2D eigenvalue weighted by molar-refractivity contribution is 5.92. The van der Waals surface area contributed by atoms with Crippen LogP contribution in [0.5, 0.6) is 0 Å². The molecule has 1 heterocycles. The lowest BCUT2D eigenvalue weighted by Crippen LogP contribution is -2.64. The Morgan fingerprint density at radius 2 is 1.41 bits per heavy atom. The summed E-state index contributed by atoms with van der Waals surface area (Å²) in [5, 5.41) is 12.2. The average molecular weight is 723 g/mol. The Morgan fingerprint density at radius 3 is 2.02 bits per heavy atom. The maximum atomic E-state index is 14.2. The molecule has 0 aromatic carbocycles. The molecule has 15 nitrogen and oxygen atoms in total. The summed E-state index contributed by atoms with van der Waals surface area (Å²) in [5.41, 5.74) is -3.33. The van der Waals surface area contributed by atoms with Crippen LogP contribution in [0.4, 0.5) is 0 Å². The van der Waals surface area contributed by atoms with Crippen LogP contribution < -0.4 is 0 Å². The van der Waals surface area contributed by atoms with E-state index in [-0.39, 0.29) is 59.8 Å². The Kier molecular flexibility index (Phi) is 11.1. The molecular formula is C36H50O15. The van der Waals surface area contributed by atoms with Crippen LogP contribution in [0.3, 0.4) is 0 Å². The van der Waals surface area contributed by atoms with Crippen molar-refractivity contribution < 1.29 is 71.8 Å². The molecule has 0 amide bonds. The van der Waals surface area contributed by atoms with E-state index >= 15 is 0 Å². The van der Waals surface area contributed by atoms with Crippen LogP contribution in [0.25, 0.3) is 0 Å². The van der Waals surface area contributed by atoms with E-state index in [1.54, 1.807) is 6.92 Å². The molecule has 1 saturated heterocycles. The second-order valence-electron chi connectivity index (χ2n) is 15.4. The Labute approximate surface area is 296 Å². The number of ketones is 2. The van der Waals surface area contributed by atoms with Crippen LogP contribution in [-0.2, 0) is 66.7 Å². The van der Waals surface area contributed by atoms with Gasteiger partial charge in [0.25, 0.3) is 0 Å². The maximum Gasteiger partial charge on any atom is 0.339 e. The van der Waals surface area contributed by atoms with Gasteiger partial charge in [0.2, 0.25) is 0 Å². The van der Waals surface area contributed by atoms with Crippen molar-refractivity contribution in [2.45, 2.75) is 135 Å². The summed E-state index contributed by atoms with van der Waals surface area (Å²) in [6, 6.07) is 0.